The Morgan fingerprint density at radius 2 is 1.09 bits per heavy atom. The van der Waals surface area contributed by atoms with E-state index >= 15 is 0 Å². The molecule has 8 aromatic rings. The number of benzene rings is 6. The van der Waals surface area contributed by atoms with Gasteiger partial charge in [0.2, 0.25) is 10.3 Å². The molecule has 0 saturated carbocycles. The summed E-state index contributed by atoms with van der Waals surface area (Å²) >= 11 is 9.68. The zero-order valence-corrected chi connectivity index (χ0v) is 45.5. The topological polar surface area (TPSA) is 201 Å². The molecule has 0 fully saturated rings. The zero-order chi connectivity index (χ0) is 56.1. The number of aromatic nitrogens is 2. The minimum Gasteiger partial charge on any atom is -0.488 e. The highest BCUT2D eigenvalue weighted by Gasteiger charge is 2.20. The number of halogens is 1. The fraction of sp³-hybridized carbons (Fsp3) is 0.200. The largest absolute Gasteiger partial charge is 0.513 e. The molecule has 0 radical (unpaired) electrons. The van der Waals surface area contributed by atoms with Gasteiger partial charge in [0.25, 0.3) is 0 Å². The maximum atomic E-state index is 13.9. The molecule has 0 unspecified atom stereocenters. The van der Waals surface area contributed by atoms with Crippen LogP contribution in [0.3, 0.4) is 0 Å². The van der Waals surface area contributed by atoms with Crippen LogP contribution in [0.15, 0.2) is 164 Å². The molecular weight excluding hydrogens is 1080 g/mol. The first-order chi connectivity index (χ1) is 39.0. The second-order valence-electron chi connectivity index (χ2n) is 17.3. The van der Waals surface area contributed by atoms with Gasteiger partial charge in [-0.15, -0.1) is 0 Å². The van der Waals surface area contributed by atoms with Crippen molar-refractivity contribution in [3.05, 3.63) is 180 Å². The van der Waals surface area contributed by atoms with Gasteiger partial charge in [-0.2, -0.15) is 10.1 Å². The third-order valence-corrected chi connectivity index (χ3v) is 13.9. The highest BCUT2D eigenvalue weighted by atomic mass is 35.5. The number of esters is 3. The monoisotopic (exact) mass is 1140 g/mol. The number of para-hydroxylation sites is 2. The smallest absolute Gasteiger partial charge is 0.488 e. The van der Waals surface area contributed by atoms with Crippen LogP contribution in [0.25, 0.3) is 31.6 Å². The van der Waals surface area contributed by atoms with E-state index in [-0.39, 0.29) is 49.9 Å². The Bertz CT molecular complexity index is 3350. The minimum absolute atomic E-state index is 0.0135. The number of ether oxygens (including phenoxy) is 8. The van der Waals surface area contributed by atoms with Gasteiger partial charge in [-0.25, -0.2) is 33.9 Å². The number of carbonyl (C=O) groups is 5. The van der Waals surface area contributed by atoms with Gasteiger partial charge >= 0.3 is 30.2 Å². The molecule has 0 atom stereocenters. The molecular formula is C60H53ClN4O13S2. The Balaban J connectivity index is 0.923. The Morgan fingerprint density at radius 3 is 1.66 bits per heavy atom. The fourth-order valence-corrected chi connectivity index (χ4v) is 9.77. The molecule has 0 N–H and O–H groups in total. The maximum absolute atomic E-state index is 13.9. The number of rotatable bonds is 27. The lowest BCUT2D eigenvalue weighted by molar-refractivity contribution is -0.138. The van der Waals surface area contributed by atoms with E-state index in [1.807, 2.05) is 48.5 Å². The van der Waals surface area contributed by atoms with Crippen molar-refractivity contribution in [1.82, 2.24) is 9.97 Å². The molecule has 0 amide bonds. The standard InChI is InChI=1S/C60H53ClN4O13S2/c1-3-54(66)71-32-13-7-5-6-8-14-33-73-59(69)78-45-27-22-41(23-28-45)47-30-29-46(37-48(47)61)76-56(68)42-24-31-51(75-39-40-20-25-44(26-21-40)77-60(70)74-35-15-34-72-55(67)4-2)43(36-42)38-62-65(57-63-49-16-9-11-18-52(49)79-57)58-64-50-17-10-12-19-53(50)80-58/h3-4,9-12,16-31,36-38H,1-2,5-8,13-15,32-35,39H2/b62-38+. The number of unbranched alkanes of at least 4 members (excludes halogenated alkanes) is 5. The van der Waals surface area contributed by atoms with Gasteiger partial charge < -0.3 is 37.9 Å². The van der Waals surface area contributed by atoms with Crippen LogP contribution in [0.5, 0.6) is 23.0 Å². The summed E-state index contributed by atoms with van der Waals surface area (Å²) in [4.78, 5) is 70.7. The lowest BCUT2D eigenvalue weighted by Crippen LogP contribution is -2.13. The van der Waals surface area contributed by atoms with E-state index in [1.165, 1.54) is 28.7 Å². The van der Waals surface area contributed by atoms with Crippen molar-refractivity contribution >= 4 is 101 Å². The van der Waals surface area contributed by atoms with Gasteiger partial charge in [0, 0.05) is 35.8 Å². The SMILES string of the molecule is C=CC(=O)OCCCCCCCCOC(=O)Oc1ccc(-c2ccc(OC(=O)c3ccc(OCc4ccc(OC(=O)OCCCOC(=O)C=C)cc4)c(/C=N/N(c4nc5ccccc5s4)c4nc5ccccc5s4)c3)cc2Cl)cc1. The molecule has 6 aromatic carbocycles. The van der Waals surface area contributed by atoms with E-state index in [9.17, 15) is 24.0 Å². The third kappa shape index (κ3) is 16.8. The second-order valence-corrected chi connectivity index (χ2v) is 19.8. The Hall–Kier alpha value is -8.91. The average molecular weight is 1140 g/mol. The van der Waals surface area contributed by atoms with Crippen LogP contribution in [-0.2, 0) is 35.1 Å². The van der Waals surface area contributed by atoms with E-state index in [2.05, 4.69) is 13.2 Å². The molecule has 0 bridgehead atoms. The number of hydrogen-bond acceptors (Lipinski definition) is 19. The van der Waals surface area contributed by atoms with Crippen molar-refractivity contribution < 1.29 is 61.9 Å². The molecule has 410 valence electrons. The number of hydrogen-bond donors (Lipinski definition) is 0. The normalized spacial score (nSPS) is 11.0. The molecule has 0 aliphatic heterocycles. The molecule has 2 aromatic heterocycles. The summed E-state index contributed by atoms with van der Waals surface area (Å²) in [6.07, 6.45) is 7.59. The predicted molar refractivity (Wildman–Crippen MR) is 307 cm³/mol. The number of fused-ring (bicyclic) bond motifs is 2. The first kappa shape index (κ1) is 57.3. The van der Waals surface area contributed by atoms with Gasteiger partial charge in [0.15, 0.2) is 0 Å². The van der Waals surface area contributed by atoms with Crippen LogP contribution in [-0.4, -0.2) is 72.8 Å². The Morgan fingerprint density at radius 1 is 0.562 bits per heavy atom. The quantitative estimate of drug-likeness (QED) is 0.00687. The van der Waals surface area contributed by atoms with Crippen molar-refractivity contribution in [2.24, 2.45) is 5.10 Å². The van der Waals surface area contributed by atoms with Gasteiger partial charge in [-0.05, 0) is 103 Å². The Kier molecular flexibility index (Phi) is 20.9. The first-order valence-corrected chi connectivity index (χ1v) is 27.3. The molecule has 0 aliphatic carbocycles. The summed E-state index contributed by atoms with van der Waals surface area (Å²) in [6, 6.07) is 38.7. The summed E-state index contributed by atoms with van der Waals surface area (Å²) in [5.41, 5.74) is 4.29. The summed E-state index contributed by atoms with van der Waals surface area (Å²) in [6.45, 7) is 7.44. The van der Waals surface area contributed by atoms with E-state index in [1.54, 1.807) is 90.1 Å². The fourth-order valence-electron chi connectivity index (χ4n) is 7.58. The zero-order valence-electron chi connectivity index (χ0n) is 43.1. The molecule has 17 nitrogen and oxygen atoms in total. The van der Waals surface area contributed by atoms with Crippen LogP contribution >= 0.6 is 34.3 Å². The molecule has 0 spiro atoms. The highest BCUT2D eigenvalue weighted by molar-refractivity contribution is 7.24. The summed E-state index contributed by atoms with van der Waals surface area (Å²) in [5, 5.41) is 8.04. The van der Waals surface area contributed by atoms with Gasteiger partial charge in [0.05, 0.1) is 63.7 Å². The number of hydrazone groups is 1. The van der Waals surface area contributed by atoms with Crippen LogP contribution < -0.4 is 24.0 Å². The van der Waals surface area contributed by atoms with E-state index < -0.39 is 30.2 Å². The summed E-state index contributed by atoms with van der Waals surface area (Å²) in [5.74, 6) is -0.556. The predicted octanol–water partition coefficient (Wildman–Crippen LogP) is 14.4. The molecule has 2 heterocycles. The summed E-state index contributed by atoms with van der Waals surface area (Å²) < 4.78 is 45.0. The molecule has 0 aliphatic rings. The van der Waals surface area contributed by atoms with Crippen molar-refractivity contribution in [3.8, 4) is 34.1 Å². The molecule has 0 saturated heterocycles. The Labute approximate surface area is 473 Å². The molecule has 80 heavy (non-hydrogen) atoms. The lowest BCUT2D eigenvalue weighted by Gasteiger charge is -2.14. The van der Waals surface area contributed by atoms with Gasteiger partial charge in [-0.1, -0.05) is 122 Å². The maximum Gasteiger partial charge on any atom is 0.513 e. The van der Waals surface area contributed by atoms with Crippen LogP contribution in [0, 0.1) is 0 Å². The summed E-state index contributed by atoms with van der Waals surface area (Å²) in [7, 11) is 0. The number of thiazole rings is 2. The lowest BCUT2D eigenvalue weighted by atomic mass is 10.1. The van der Waals surface area contributed by atoms with E-state index in [0.29, 0.717) is 50.9 Å². The number of carbonyl (C=O) groups excluding carboxylic acids is 5. The van der Waals surface area contributed by atoms with Crippen molar-refractivity contribution in [1.29, 1.82) is 0 Å². The van der Waals surface area contributed by atoms with Crippen molar-refractivity contribution in [3.63, 3.8) is 0 Å². The van der Waals surface area contributed by atoms with E-state index in [0.717, 1.165) is 75.8 Å². The van der Waals surface area contributed by atoms with E-state index in [4.69, 9.17) is 64.6 Å². The van der Waals surface area contributed by atoms with Crippen LogP contribution in [0.1, 0.15) is 66.4 Å². The first-order valence-electron chi connectivity index (χ1n) is 25.3. The van der Waals surface area contributed by atoms with Gasteiger partial charge in [0.1, 0.15) is 29.6 Å². The molecule has 8 rings (SSSR count). The number of nitrogens with zero attached hydrogens (tertiary/aromatic N) is 4. The highest BCUT2D eigenvalue weighted by Crippen LogP contribution is 2.38. The van der Waals surface area contributed by atoms with Gasteiger partial charge in [-0.3, -0.25) is 0 Å². The second kappa shape index (κ2) is 29.2. The van der Waals surface area contributed by atoms with Crippen molar-refractivity contribution in [2.75, 3.05) is 31.4 Å². The van der Waals surface area contributed by atoms with Crippen LogP contribution in [0.2, 0.25) is 5.02 Å². The molecule has 20 heteroatoms. The van der Waals surface area contributed by atoms with Crippen LogP contribution in [0.4, 0.5) is 19.9 Å². The number of anilines is 2. The third-order valence-electron chi connectivity index (χ3n) is 11.6. The van der Waals surface area contributed by atoms with Crippen molar-refractivity contribution in [2.45, 2.75) is 51.6 Å². The minimum atomic E-state index is -0.913. The average Bonchev–Trinajstić information content (AvgIpc) is 4.11.